The van der Waals surface area contributed by atoms with E-state index in [1.54, 1.807) is 69.4 Å². The Morgan fingerprint density at radius 3 is 2.41 bits per heavy atom. The molecule has 0 unspecified atom stereocenters. The first kappa shape index (κ1) is 21.2. The predicted octanol–water partition coefficient (Wildman–Crippen LogP) is 4.84. The number of pyridine rings is 1. The molecule has 0 saturated heterocycles. The molecule has 3 aromatic heterocycles. The average Bonchev–Trinajstić information content (AvgIpc) is 3.40. The summed E-state index contributed by atoms with van der Waals surface area (Å²) in [4.78, 5) is 17.6. The van der Waals surface area contributed by atoms with E-state index in [-0.39, 0.29) is 17.2 Å². The third kappa shape index (κ3) is 3.49. The first-order valence-corrected chi connectivity index (χ1v) is 9.96. The Bertz CT molecular complexity index is 1270. The second-order valence-electron chi connectivity index (χ2n) is 8.30. The van der Waals surface area contributed by atoms with Crippen molar-refractivity contribution in [2.75, 3.05) is 7.11 Å². The smallest absolute Gasteiger partial charge is 0.240 e. The zero-order valence-electron chi connectivity index (χ0n) is 18.2. The molecule has 0 saturated carbocycles. The van der Waals surface area contributed by atoms with Crippen molar-refractivity contribution in [1.29, 1.82) is 0 Å². The van der Waals surface area contributed by atoms with Gasteiger partial charge in [-0.25, -0.2) is 4.98 Å². The lowest BCUT2D eigenvalue weighted by Gasteiger charge is -2.19. The van der Waals surface area contributed by atoms with Crippen LogP contribution in [-0.4, -0.2) is 37.8 Å². The third-order valence-electron chi connectivity index (χ3n) is 5.11. The Kier molecular flexibility index (Phi) is 5.22. The van der Waals surface area contributed by atoms with Gasteiger partial charge < -0.3 is 19.5 Å². The van der Waals surface area contributed by atoms with Crippen molar-refractivity contribution in [2.24, 2.45) is 5.41 Å². The fourth-order valence-electron chi connectivity index (χ4n) is 3.52. The highest BCUT2D eigenvalue weighted by Gasteiger charge is 2.35. The van der Waals surface area contributed by atoms with E-state index in [4.69, 9.17) is 9.26 Å². The zero-order chi connectivity index (χ0) is 23.0. The normalized spacial score (nSPS) is 11.5. The lowest BCUT2D eigenvalue weighted by atomic mass is 9.85. The number of benzene rings is 1. The second-order valence-corrected chi connectivity index (χ2v) is 8.30. The van der Waals surface area contributed by atoms with Crippen LogP contribution in [-0.2, 0) is 0 Å². The molecule has 4 aromatic rings. The van der Waals surface area contributed by atoms with Gasteiger partial charge in [0.05, 0.1) is 23.9 Å². The predicted molar refractivity (Wildman–Crippen MR) is 118 cm³/mol. The molecule has 0 aliphatic rings. The van der Waals surface area contributed by atoms with Gasteiger partial charge in [0.25, 0.3) is 0 Å². The van der Waals surface area contributed by atoms with Gasteiger partial charge in [0, 0.05) is 28.9 Å². The monoisotopic (exact) mass is 433 g/mol. The van der Waals surface area contributed by atoms with Crippen LogP contribution in [0.3, 0.4) is 0 Å². The fraction of sp³-hybridized carbons (Fsp3) is 0.208. The molecule has 3 heterocycles. The molecule has 0 aliphatic carbocycles. The van der Waals surface area contributed by atoms with E-state index < -0.39 is 17.0 Å². The van der Waals surface area contributed by atoms with Gasteiger partial charge in [-0.3, -0.25) is 9.36 Å². The number of Topliss-reactive ketones (excluding diaryl/α,β-unsaturated/α-hetero) is 1. The van der Waals surface area contributed by atoms with Gasteiger partial charge in [-0.2, -0.15) is 0 Å². The van der Waals surface area contributed by atoms with Crippen molar-refractivity contribution >= 4 is 5.78 Å². The molecule has 32 heavy (non-hydrogen) atoms. The molecule has 0 amide bonds. The lowest BCUT2D eigenvalue weighted by molar-refractivity contribution is 0.0856. The highest BCUT2D eigenvalue weighted by Crippen LogP contribution is 2.47. The maximum Gasteiger partial charge on any atom is 0.240 e. The Hall–Kier alpha value is -4.07. The Labute approximate surface area is 184 Å². The molecule has 0 aliphatic heterocycles. The van der Waals surface area contributed by atoms with E-state index >= 15 is 0 Å². The minimum absolute atomic E-state index is 0.00174. The molecular formula is C24H23N3O5. The van der Waals surface area contributed by atoms with E-state index in [0.717, 1.165) is 5.56 Å². The van der Waals surface area contributed by atoms with E-state index in [0.29, 0.717) is 22.6 Å². The summed E-state index contributed by atoms with van der Waals surface area (Å²) in [7, 11) is 1.47. The van der Waals surface area contributed by atoms with E-state index in [1.807, 2.05) is 0 Å². The van der Waals surface area contributed by atoms with Gasteiger partial charge in [-0.15, -0.1) is 0 Å². The molecule has 164 valence electrons. The van der Waals surface area contributed by atoms with Crippen molar-refractivity contribution in [1.82, 2.24) is 14.7 Å². The number of aromatic hydroxyl groups is 2. The summed E-state index contributed by atoms with van der Waals surface area (Å²) in [6.07, 6.45) is 3.05. The summed E-state index contributed by atoms with van der Waals surface area (Å²) in [6.45, 7) is 5.25. The van der Waals surface area contributed by atoms with Crippen LogP contribution in [0.4, 0.5) is 0 Å². The quantitative estimate of drug-likeness (QED) is 0.433. The summed E-state index contributed by atoms with van der Waals surface area (Å²) in [5.74, 6) is -1.02. The molecule has 0 spiro atoms. The SMILES string of the molecule is COc1ncccc1-c1c(C(=O)C(C)(C)C)c(O)c(O)n1-c1ccc(-c2ccon2)cc1. The van der Waals surface area contributed by atoms with E-state index in [1.165, 1.54) is 17.9 Å². The number of nitrogens with zero attached hydrogens (tertiary/aromatic N) is 3. The summed E-state index contributed by atoms with van der Waals surface area (Å²) in [5.41, 5.74) is 1.94. The summed E-state index contributed by atoms with van der Waals surface area (Å²) < 4.78 is 11.7. The van der Waals surface area contributed by atoms with Gasteiger partial charge >= 0.3 is 0 Å². The molecule has 1 aromatic carbocycles. The Morgan fingerprint density at radius 2 is 1.81 bits per heavy atom. The standard InChI is InChI=1S/C24H23N3O5/c1-24(2,3)21(29)18-19(16-6-5-12-25-22(16)31-4)27(23(30)20(18)28)15-9-7-14(8-10-15)17-11-13-32-26-17/h5-13,28,30H,1-4H3. The number of hydrogen-bond donors (Lipinski definition) is 2. The molecule has 4 rings (SSSR count). The number of methoxy groups -OCH3 is 1. The van der Waals surface area contributed by atoms with E-state index in [2.05, 4.69) is 10.1 Å². The summed E-state index contributed by atoms with van der Waals surface area (Å²) in [6, 6.07) is 12.3. The van der Waals surface area contributed by atoms with Crippen LogP contribution >= 0.6 is 0 Å². The number of rotatable bonds is 5. The zero-order valence-corrected chi connectivity index (χ0v) is 18.2. The average molecular weight is 433 g/mol. The number of carbonyl (C=O) groups is 1. The maximum absolute atomic E-state index is 13.3. The van der Waals surface area contributed by atoms with Crippen LogP contribution in [0.5, 0.6) is 17.5 Å². The Balaban J connectivity index is 2.00. The number of ether oxygens (including phenoxy) is 1. The van der Waals surface area contributed by atoms with Crippen LogP contribution in [0.15, 0.2) is 59.4 Å². The number of aromatic nitrogens is 3. The van der Waals surface area contributed by atoms with Gasteiger partial charge in [0.1, 0.15) is 12.0 Å². The van der Waals surface area contributed by atoms with Crippen molar-refractivity contribution in [3.63, 3.8) is 0 Å². The molecule has 8 heteroatoms. The Morgan fingerprint density at radius 1 is 1.09 bits per heavy atom. The summed E-state index contributed by atoms with van der Waals surface area (Å²) in [5, 5.41) is 25.7. The van der Waals surface area contributed by atoms with Gasteiger partial charge in [-0.05, 0) is 24.3 Å². The third-order valence-corrected chi connectivity index (χ3v) is 5.11. The molecule has 0 radical (unpaired) electrons. The molecule has 0 bridgehead atoms. The maximum atomic E-state index is 13.3. The van der Waals surface area contributed by atoms with E-state index in [9.17, 15) is 15.0 Å². The van der Waals surface area contributed by atoms with Crippen molar-refractivity contribution in [3.8, 4) is 45.7 Å². The number of ketones is 1. The van der Waals surface area contributed by atoms with Crippen LogP contribution in [0.1, 0.15) is 31.1 Å². The number of hydrogen-bond acceptors (Lipinski definition) is 7. The van der Waals surface area contributed by atoms with Crippen molar-refractivity contribution in [2.45, 2.75) is 20.8 Å². The van der Waals surface area contributed by atoms with Gasteiger partial charge in [0.2, 0.25) is 11.8 Å². The topological polar surface area (TPSA) is 111 Å². The van der Waals surface area contributed by atoms with Crippen molar-refractivity contribution in [3.05, 3.63) is 60.5 Å². The van der Waals surface area contributed by atoms with Crippen LogP contribution in [0, 0.1) is 5.41 Å². The highest BCUT2D eigenvalue weighted by molar-refractivity contribution is 6.08. The van der Waals surface area contributed by atoms with Gasteiger partial charge in [-0.1, -0.05) is 38.1 Å². The molecule has 0 fully saturated rings. The molecule has 0 atom stereocenters. The first-order chi connectivity index (χ1) is 15.2. The lowest BCUT2D eigenvalue weighted by Crippen LogP contribution is -2.21. The highest BCUT2D eigenvalue weighted by atomic mass is 16.5. The molecular weight excluding hydrogens is 410 g/mol. The van der Waals surface area contributed by atoms with Gasteiger partial charge in [0.15, 0.2) is 11.5 Å². The van der Waals surface area contributed by atoms with Crippen molar-refractivity contribution < 1.29 is 24.3 Å². The molecule has 8 nitrogen and oxygen atoms in total. The minimum Gasteiger partial charge on any atom is -0.503 e. The fourth-order valence-corrected chi connectivity index (χ4v) is 3.52. The largest absolute Gasteiger partial charge is 0.503 e. The van der Waals surface area contributed by atoms with Crippen LogP contribution < -0.4 is 4.74 Å². The summed E-state index contributed by atoms with van der Waals surface area (Å²) >= 11 is 0. The first-order valence-electron chi connectivity index (χ1n) is 9.96. The minimum atomic E-state index is -0.808. The van der Waals surface area contributed by atoms with Crippen LogP contribution in [0.2, 0.25) is 0 Å². The second kappa shape index (κ2) is 7.88. The molecule has 2 N–H and O–H groups in total. The van der Waals surface area contributed by atoms with Crippen LogP contribution in [0.25, 0.3) is 28.2 Å². The number of carbonyl (C=O) groups excluding carboxylic acids is 1.